The van der Waals surface area contributed by atoms with Crippen molar-refractivity contribution in [1.82, 2.24) is 4.98 Å². The van der Waals surface area contributed by atoms with Gasteiger partial charge in [0.1, 0.15) is 11.9 Å². The molecule has 0 bridgehead atoms. The van der Waals surface area contributed by atoms with Gasteiger partial charge in [-0.1, -0.05) is 11.6 Å². The number of carbonyl (C=O) groups is 1. The summed E-state index contributed by atoms with van der Waals surface area (Å²) in [6, 6.07) is 1.50. The number of pyridine rings is 1. The lowest BCUT2D eigenvalue weighted by atomic mass is 10.0. The fourth-order valence-electron chi connectivity index (χ4n) is 2.10. The fraction of sp³-hybridized carbons (Fsp3) is 0.455. The van der Waals surface area contributed by atoms with E-state index in [1.54, 1.807) is 12.3 Å². The van der Waals surface area contributed by atoms with Gasteiger partial charge in [0.2, 0.25) is 5.91 Å². The first-order valence-electron chi connectivity index (χ1n) is 5.46. The van der Waals surface area contributed by atoms with Gasteiger partial charge in [0, 0.05) is 12.7 Å². The average Bonchev–Trinajstić information content (AvgIpc) is 2.29. The molecule has 6 heteroatoms. The molecular weight excluding hydrogens is 305 g/mol. The Hall–Kier alpha value is -0.810. The van der Waals surface area contributed by atoms with Gasteiger partial charge in [-0.2, -0.15) is 0 Å². The minimum absolute atomic E-state index is 0.270. The number of rotatable bonds is 2. The highest BCUT2D eigenvalue weighted by atomic mass is 79.9. The topological polar surface area (TPSA) is 59.2 Å². The van der Waals surface area contributed by atoms with Crippen LogP contribution in [0.5, 0.6) is 0 Å². The lowest BCUT2D eigenvalue weighted by molar-refractivity contribution is -0.119. The number of aromatic nitrogens is 1. The summed E-state index contributed by atoms with van der Waals surface area (Å²) < 4.78 is 0.790. The molecule has 1 amide bonds. The molecule has 2 rings (SSSR count). The van der Waals surface area contributed by atoms with Crippen molar-refractivity contribution >= 4 is 39.3 Å². The van der Waals surface area contributed by atoms with Gasteiger partial charge in [0.25, 0.3) is 0 Å². The number of anilines is 1. The van der Waals surface area contributed by atoms with Crippen LogP contribution in [0.25, 0.3) is 0 Å². The van der Waals surface area contributed by atoms with Crippen LogP contribution >= 0.6 is 27.5 Å². The highest BCUT2D eigenvalue weighted by Crippen LogP contribution is 2.31. The van der Waals surface area contributed by atoms with E-state index in [0.717, 1.165) is 36.1 Å². The first kappa shape index (κ1) is 12.6. The maximum Gasteiger partial charge on any atom is 0.240 e. The largest absolute Gasteiger partial charge is 0.368 e. The Kier molecular flexibility index (Phi) is 3.89. The van der Waals surface area contributed by atoms with Crippen molar-refractivity contribution in [2.24, 2.45) is 5.73 Å². The van der Waals surface area contributed by atoms with Gasteiger partial charge in [0.05, 0.1) is 9.50 Å². The smallest absolute Gasteiger partial charge is 0.240 e. The monoisotopic (exact) mass is 317 g/mol. The molecule has 1 unspecified atom stereocenters. The zero-order chi connectivity index (χ0) is 12.4. The number of primary amides is 1. The van der Waals surface area contributed by atoms with Crippen LogP contribution in [0, 0.1) is 0 Å². The van der Waals surface area contributed by atoms with Gasteiger partial charge in [-0.15, -0.1) is 0 Å². The predicted octanol–water partition coefficient (Wildman–Crippen LogP) is 2.34. The summed E-state index contributed by atoms with van der Waals surface area (Å²) in [5.74, 6) is 0.436. The highest BCUT2D eigenvalue weighted by Gasteiger charge is 2.29. The van der Waals surface area contributed by atoms with Crippen LogP contribution in [0.4, 0.5) is 5.82 Å². The van der Waals surface area contributed by atoms with Crippen LogP contribution in [0.15, 0.2) is 16.7 Å². The molecule has 0 aliphatic carbocycles. The molecular formula is C11H13BrClN3O. The molecule has 1 aliphatic rings. The maximum atomic E-state index is 11.4. The summed E-state index contributed by atoms with van der Waals surface area (Å²) in [4.78, 5) is 17.7. The van der Waals surface area contributed by atoms with E-state index in [9.17, 15) is 4.79 Å². The Morgan fingerprint density at radius 3 is 3.00 bits per heavy atom. The summed E-state index contributed by atoms with van der Waals surface area (Å²) >= 11 is 9.27. The zero-order valence-electron chi connectivity index (χ0n) is 9.20. The molecule has 1 fully saturated rings. The molecule has 0 aromatic carbocycles. The van der Waals surface area contributed by atoms with E-state index in [1.807, 2.05) is 4.90 Å². The molecule has 0 saturated carbocycles. The van der Waals surface area contributed by atoms with Crippen LogP contribution in [-0.2, 0) is 4.79 Å². The molecule has 1 aromatic heterocycles. The number of nitrogens with two attached hydrogens (primary N) is 1. The molecule has 1 aliphatic heterocycles. The van der Waals surface area contributed by atoms with Crippen molar-refractivity contribution in [1.29, 1.82) is 0 Å². The maximum absolute atomic E-state index is 11.4. The second-order valence-electron chi connectivity index (χ2n) is 4.07. The Labute approximate surface area is 113 Å². The van der Waals surface area contributed by atoms with E-state index >= 15 is 0 Å². The van der Waals surface area contributed by atoms with Gasteiger partial charge >= 0.3 is 0 Å². The minimum atomic E-state index is -0.298. The molecule has 0 spiro atoms. The molecule has 1 saturated heterocycles. The summed E-state index contributed by atoms with van der Waals surface area (Å²) in [5, 5.41) is 0.563. The molecule has 2 heterocycles. The number of amides is 1. The minimum Gasteiger partial charge on any atom is -0.368 e. The molecule has 1 atom stereocenters. The summed E-state index contributed by atoms with van der Waals surface area (Å²) in [7, 11) is 0. The van der Waals surface area contributed by atoms with Crippen LogP contribution in [0.3, 0.4) is 0 Å². The van der Waals surface area contributed by atoms with Crippen molar-refractivity contribution in [2.75, 3.05) is 11.4 Å². The van der Waals surface area contributed by atoms with E-state index in [2.05, 4.69) is 20.9 Å². The second kappa shape index (κ2) is 5.23. The highest BCUT2D eigenvalue weighted by molar-refractivity contribution is 9.10. The number of carbonyl (C=O) groups excluding carboxylic acids is 1. The van der Waals surface area contributed by atoms with E-state index in [4.69, 9.17) is 17.3 Å². The Morgan fingerprint density at radius 2 is 2.35 bits per heavy atom. The first-order valence-corrected chi connectivity index (χ1v) is 6.63. The number of halogens is 2. The van der Waals surface area contributed by atoms with Crippen molar-refractivity contribution in [3.8, 4) is 0 Å². The second-order valence-corrected chi connectivity index (χ2v) is 5.36. The van der Waals surface area contributed by atoms with Crippen molar-refractivity contribution in [3.63, 3.8) is 0 Å². The van der Waals surface area contributed by atoms with Crippen molar-refractivity contribution < 1.29 is 4.79 Å². The van der Waals surface area contributed by atoms with Gasteiger partial charge < -0.3 is 10.6 Å². The van der Waals surface area contributed by atoms with Crippen LogP contribution in [0.2, 0.25) is 5.02 Å². The van der Waals surface area contributed by atoms with Crippen LogP contribution < -0.4 is 10.6 Å². The molecule has 2 N–H and O–H groups in total. The first-order chi connectivity index (χ1) is 8.09. The lowest BCUT2D eigenvalue weighted by Gasteiger charge is -2.35. The predicted molar refractivity (Wildman–Crippen MR) is 71.1 cm³/mol. The van der Waals surface area contributed by atoms with Crippen LogP contribution in [-0.4, -0.2) is 23.5 Å². The Balaban J connectivity index is 2.32. The number of nitrogens with zero attached hydrogens (tertiary/aromatic N) is 2. The van der Waals surface area contributed by atoms with Gasteiger partial charge in [0.15, 0.2) is 0 Å². The quantitative estimate of drug-likeness (QED) is 0.910. The molecule has 4 nitrogen and oxygen atoms in total. The Bertz CT molecular complexity index is 441. The third-order valence-corrected chi connectivity index (χ3v) is 3.68. The van der Waals surface area contributed by atoms with E-state index < -0.39 is 0 Å². The van der Waals surface area contributed by atoms with Crippen molar-refractivity contribution in [3.05, 3.63) is 21.8 Å². The summed E-state index contributed by atoms with van der Waals surface area (Å²) in [6.07, 6.45) is 4.43. The molecule has 17 heavy (non-hydrogen) atoms. The third-order valence-electron chi connectivity index (χ3n) is 2.89. The SMILES string of the molecule is NC(=O)C1CCCCN1c1ncc(Cl)cc1Br. The third kappa shape index (κ3) is 2.72. The van der Waals surface area contributed by atoms with Gasteiger partial charge in [-0.05, 0) is 41.3 Å². The van der Waals surface area contributed by atoms with Crippen LogP contribution in [0.1, 0.15) is 19.3 Å². The van der Waals surface area contributed by atoms with Gasteiger partial charge in [-0.25, -0.2) is 4.98 Å². The molecule has 1 aromatic rings. The van der Waals surface area contributed by atoms with Gasteiger partial charge in [-0.3, -0.25) is 4.79 Å². The van der Waals surface area contributed by atoms with E-state index in [-0.39, 0.29) is 11.9 Å². The number of hydrogen-bond acceptors (Lipinski definition) is 3. The normalized spacial score (nSPS) is 20.4. The average molecular weight is 319 g/mol. The van der Waals surface area contributed by atoms with E-state index in [1.165, 1.54) is 0 Å². The number of piperidine rings is 1. The number of hydrogen-bond donors (Lipinski definition) is 1. The standard InChI is InChI=1S/C11H13BrClN3O/c12-8-5-7(13)6-15-11(8)16-4-2-1-3-9(16)10(14)17/h5-6,9H,1-4H2,(H2,14,17). The van der Waals surface area contributed by atoms with E-state index in [0.29, 0.717) is 5.02 Å². The summed E-state index contributed by atoms with van der Waals surface area (Å²) in [5.41, 5.74) is 5.43. The van der Waals surface area contributed by atoms with Crippen molar-refractivity contribution in [2.45, 2.75) is 25.3 Å². The fourth-order valence-corrected chi connectivity index (χ4v) is 2.97. The lowest BCUT2D eigenvalue weighted by Crippen LogP contribution is -2.48. The Morgan fingerprint density at radius 1 is 1.59 bits per heavy atom. The molecule has 0 radical (unpaired) electrons. The molecule has 92 valence electrons. The summed E-state index contributed by atoms with van der Waals surface area (Å²) in [6.45, 7) is 0.792. The zero-order valence-corrected chi connectivity index (χ0v) is 11.5.